The SMILES string of the molecule is CCc1nc2sc([C@@H](c3ccccc3F)N3CCN(CC)CC3)c(O)n2n1. The average Bonchev–Trinajstić information content (AvgIpc) is 3.23. The van der Waals surface area contributed by atoms with Gasteiger partial charge in [-0.05, 0) is 12.6 Å². The van der Waals surface area contributed by atoms with Crippen LogP contribution in [0, 0.1) is 5.82 Å². The summed E-state index contributed by atoms with van der Waals surface area (Å²) in [6, 6.07) is 6.48. The minimum Gasteiger partial charge on any atom is -0.492 e. The molecule has 3 aromatic rings. The molecule has 1 N–H and O–H groups in total. The van der Waals surface area contributed by atoms with E-state index in [1.54, 1.807) is 12.1 Å². The molecule has 27 heavy (non-hydrogen) atoms. The quantitative estimate of drug-likeness (QED) is 0.727. The number of aryl methyl sites for hydroxylation is 1. The first kappa shape index (κ1) is 18.3. The van der Waals surface area contributed by atoms with Crippen molar-refractivity contribution < 1.29 is 9.50 Å². The number of thiazole rings is 1. The number of likely N-dealkylation sites (N-methyl/N-ethyl adjacent to an activating group) is 1. The molecule has 0 amide bonds. The third kappa shape index (κ3) is 3.33. The summed E-state index contributed by atoms with van der Waals surface area (Å²) in [4.78, 5) is 10.4. The molecule has 2 aromatic heterocycles. The van der Waals surface area contributed by atoms with Gasteiger partial charge in [-0.2, -0.15) is 4.52 Å². The number of benzene rings is 1. The zero-order valence-electron chi connectivity index (χ0n) is 15.6. The molecule has 6 nitrogen and oxygen atoms in total. The molecular formula is C19H24FN5OS. The second-order valence-corrected chi connectivity index (χ2v) is 7.77. The lowest BCUT2D eigenvalue weighted by molar-refractivity contribution is 0.112. The molecule has 3 heterocycles. The van der Waals surface area contributed by atoms with Crippen LogP contribution in [-0.2, 0) is 6.42 Å². The largest absolute Gasteiger partial charge is 0.492 e. The highest BCUT2D eigenvalue weighted by Crippen LogP contribution is 2.40. The smallest absolute Gasteiger partial charge is 0.230 e. The molecule has 1 aromatic carbocycles. The van der Waals surface area contributed by atoms with Crippen molar-refractivity contribution in [3.63, 3.8) is 0 Å². The van der Waals surface area contributed by atoms with Crippen LogP contribution in [-0.4, -0.2) is 62.2 Å². The Morgan fingerprint density at radius 1 is 1.19 bits per heavy atom. The lowest BCUT2D eigenvalue weighted by atomic mass is 10.0. The van der Waals surface area contributed by atoms with Crippen molar-refractivity contribution in [2.75, 3.05) is 32.7 Å². The van der Waals surface area contributed by atoms with Crippen LogP contribution in [0.4, 0.5) is 4.39 Å². The minimum atomic E-state index is -0.344. The molecular weight excluding hydrogens is 365 g/mol. The molecule has 8 heteroatoms. The Bertz CT molecular complexity index is 931. The van der Waals surface area contributed by atoms with Crippen molar-refractivity contribution in [3.05, 3.63) is 46.3 Å². The lowest BCUT2D eigenvalue weighted by Gasteiger charge is -2.38. The molecule has 4 rings (SSSR count). The van der Waals surface area contributed by atoms with E-state index in [4.69, 9.17) is 0 Å². The molecule has 0 bridgehead atoms. The number of aromatic hydroxyl groups is 1. The summed E-state index contributed by atoms with van der Waals surface area (Å²) in [6.07, 6.45) is 0.707. The van der Waals surface area contributed by atoms with Gasteiger partial charge < -0.3 is 10.0 Å². The molecule has 1 saturated heterocycles. The Balaban J connectivity index is 1.77. The number of halogens is 1. The van der Waals surface area contributed by atoms with Gasteiger partial charge in [0.05, 0.1) is 10.9 Å². The molecule has 1 atom stereocenters. The highest BCUT2D eigenvalue weighted by Gasteiger charge is 2.32. The molecule has 0 aliphatic carbocycles. The Hall–Kier alpha value is -2.03. The van der Waals surface area contributed by atoms with E-state index in [1.807, 2.05) is 13.0 Å². The third-order valence-corrected chi connectivity index (χ3v) is 6.30. The Morgan fingerprint density at radius 3 is 2.56 bits per heavy atom. The Morgan fingerprint density at radius 2 is 1.93 bits per heavy atom. The highest BCUT2D eigenvalue weighted by molar-refractivity contribution is 7.17. The lowest BCUT2D eigenvalue weighted by Crippen LogP contribution is -2.47. The predicted molar refractivity (Wildman–Crippen MR) is 104 cm³/mol. The number of hydrogen-bond donors (Lipinski definition) is 1. The molecule has 0 radical (unpaired) electrons. The molecule has 1 aliphatic heterocycles. The van der Waals surface area contributed by atoms with Crippen LogP contribution in [0.5, 0.6) is 5.88 Å². The summed E-state index contributed by atoms with van der Waals surface area (Å²) >= 11 is 1.39. The van der Waals surface area contributed by atoms with Gasteiger partial charge in [0.15, 0.2) is 5.82 Å². The van der Waals surface area contributed by atoms with Gasteiger partial charge in [-0.25, -0.2) is 9.37 Å². The van der Waals surface area contributed by atoms with Crippen molar-refractivity contribution in [1.29, 1.82) is 0 Å². The van der Waals surface area contributed by atoms with Gasteiger partial charge in [-0.15, -0.1) is 5.10 Å². The van der Waals surface area contributed by atoms with E-state index in [1.165, 1.54) is 21.9 Å². The number of aromatic nitrogens is 3. The molecule has 1 aliphatic rings. The number of nitrogens with zero attached hydrogens (tertiary/aromatic N) is 5. The van der Waals surface area contributed by atoms with Gasteiger partial charge in [-0.3, -0.25) is 4.90 Å². The average molecular weight is 390 g/mol. The maximum absolute atomic E-state index is 14.7. The summed E-state index contributed by atoms with van der Waals surface area (Å²) in [7, 11) is 0. The number of rotatable bonds is 5. The summed E-state index contributed by atoms with van der Waals surface area (Å²) in [5.41, 5.74) is 0.581. The van der Waals surface area contributed by atoms with Crippen LogP contribution in [0.1, 0.15) is 36.2 Å². The van der Waals surface area contributed by atoms with E-state index in [9.17, 15) is 9.50 Å². The van der Waals surface area contributed by atoms with Crippen LogP contribution in [0.15, 0.2) is 24.3 Å². The second kappa shape index (κ2) is 7.53. The Labute approximate surface area is 161 Å². The van der Waals surface area contributed by atoms with Crippen molar-refractivity contribution in [1.82, 2.24) is 24.4 Å². The van der Waals surface area contributed by atoms with E-state index >= 15 is 0 Å². The van der Waals surface area contributed by atoms with Crippen LogP contribution < -0.4 is 0 Å². The zero-order valence-corrected chi connectivity index (χ0v) is 16.4. The van der Waals surface area contributed by atoms with Crippen LogP contribution in [0.2, 0.25) is 0 Å². The summed E-state index contributed by atoms with van der Waals surface area (Å²) in [5.74, 6) is 0.503. The first-order chi connectivity index (χ1) is 13.1. The van der Waals surface area contributed by atoms with Gasteiger partial charge in [0.2, 0.25) is 10.8 Å². The fourth-order valence-corrected chi connectivity index (χ4v) is 4.78. The van der Waals surface area contributed by atoms with E-state index in [0.717, 1.165) is 32.7 Å². The second-order valence-electron chi connectivity index (χ2n) is 6.76. The number of hydrogen-bond acceptors (Lipinski definition) is 6. The van der Waals surface area contributed by atoms with E-state index in [0.29, 0.717) is 27.6 Å². The van der Waals surface area contributed by atoms with E-state index < -0.39 is 0 Å². The zero-order chi connectivity index (χ0) is 19.0. The van der Waals surface area contributed by atoms with Gasteiger partial charge >= 0.3 is 0 Å². The van der Waals surface area contributed by atoms with Crippen molar-refractivity contribution in [2.24, 2.45) is 0 Å². The van der Waals surface area contributed by atoms with Gasteiger partial charge in [0.1, 0.15) is 5.82 Å². The fourth-order valence-electron chi connectivity index (χ4n) is 3.66. The standard InChI is InChI=1S/C19H24FN5OS/c1-3-15-21-19-25(22-15)18(26)17(27-19)16(13-7-5-6-8-14(13)20)24-11-9-23(4-2)10-12-24/h5-8,16,26H,3-4,9-12H2,1-2H3/t16-/m1/s1. The maximum atomic E-state index is 14.7. The van der Waals surface area contributed by atoms with E-state index in [2.05, 4.69) is 26.8 Å². The Kier molecular flexibility index (Phi) is 5.12. The molecule has 144 valence electrons. The maximum Gasteiger partial charge on any atom is 0.230 e. The van der Waals surface area contributed by atoms with Gasteiger partial charge in [0, 0.05) is 38.2 Å². The molecule has 1 fully saturated rings. The predicted octanol–water partition coefficient (Wildman–Crippen LogP) is 2.92. The van der Waals surface area contributed by atoms with Gasteiger partial charge in [-0.1, -0.05) is 43.4 Å². The van der Waals surface area contributed by atoms with Crippen LogP contribution >= 0.6 is 11.3 Å². The van der Waals surface area contributed by atoms with Crippen LogP contribution in [0.25, 0.3) is 4.96 Å². The summed E-state index contributed by atoms with van der Waals surface area (Å²) < 4.78 is 16.2. The first-order valence-electron chi connectivity index (χ1n) is 9.40. The molecule has 0 saturated carbocycles. The topological polar surface area (TPSA) is 56.9 Å². The monoisotopic (exact) mass is 389 g/mol. The fraction of sp³-hybridized carbons (Fsp3) is 0.474. The third-order valence-electron chi connectivity index (χ3n) is 5.23. The van der Waals surface area contributed by atoms with Crippen molar-refractivity contribution in [3.8, 4) is 5.88 Å². The first-order valence-corrected chi connectivity index (χ1v) is 10.2. The summed E-state index contributed by atoms with van der Waals surface area (Å²) in [5, 5.41) is 15.2. The van der Waals surface area contributed by atoms with Crippen LogP contribution in [0.3, 0.4) is 0 Å². The molecule has 0 unspecified atom stereocenters. The van der Waals surface area contributed by atoms with E-state index in [-0.39, 0.29) is 17.7 Å². The number of piperazine rings is 1. The summed E-state index contributed by atoms with van der Waals surface area (Å²) in [6.45, 7) is 8.65. The minimum absolute atomic E-state index is 0.0633. The van der Waals surface area contributed by atoms with Crippen molar-refractivity contribution >= 4 is 16.3 Å². The molecule has 0 spiro atoms. The highest BCUT2D eigenvalue weighted by atomic mass is 32.1. The normalized spacial score (nSPS) is 17.6. The number of fused-ring (bicyclic) bond motifs is 1. The van der Waals surface area contributed by atoms with Crippen molar-refractivity contribution in [2.45, 2.75) is 26.3 Å². The van der Waals surface area contributed by atoms with Gasteiger partial charge in [0.25, 0.3) is 0 Å².